The van der Waals surface area contributed by atoms with Gasteiger partial charge in [-0.15, -0.1) is 0 Å². The Bertz CT molecular complexity index is 576. The Morgan fingerprint density at radius 1 is 1.40 bits per heavy atom. The van der Waals surface area contributed by atoms with Crippen molar-refractivity contribution in [3.8, 4) is 5.75 Å². The maximum Gasteiger partial charge on any atom is 0.138 e. The van der Waals surface area contributed by atoms with Crippen molar-refractivity contribution in [1.82, 2.24) is 10.5 Å². The van der Waals surface area contributed by atoms with Crippen molar-refractivity contribution in [2.24, 2.45) is 0 Å². The standard InChI is InChI=1S/C15H19ClN2O2/c1-9(15-10(2)18-20-11(15)3)17-8-12-7-13(16)5-6-14(12)19-4/h5-7,9,17H,8H2,1-4H3. The Morgan fingerprint density at radius 3 is 2.75 bits per heavy atom. The van der Waals surface area contributed by atoms with Gasteiger partial charge < -0.3 is 14.6 Å². The molecule has 1 aromatic heterocycles. The molecule has 1 aromatic carbocycles. The van der Waals surface area contributed by atoms with Crippen LogP contribution in [-0.4, -0.2) is 12.3 Å². The summed E-state index contributed by atoms with van der Waals surface area (Å²) in [6, 6.07) is 5.75. The van der Waals surface area contributed by atoms with Gasteiger partial charge in [0.15, 0.2) is 0 Å². The number of aryl methyl sites for hydroxylation is 2. The Kier molecular flexibility index (Phi) is 4.68. The molecule has 0 spiro atoms. The molecule has 0 radical (unpaired) electrons. The summed E-state index contributed by atoms with van der Waals surface area (Å²) in [7, 11) is 1.66. The van der Waals surface area contributed by atoms with Crippen molar-refractivity contribution in [3.63, 3.8) is 0 Å². The minimum Gasteiger partial charge on any atom is -0.496 e. The van der Waals surface area contributed by atoms with Crippen LogP contribution in [0, 0.1) is 13.8 Å². The molecule has 108 valence electrons. The van der Waals surface area contributed by atoms with Crippen molar-refractivity contribution >= 4 is 11.6 Å². The van der Waals surface area contributed by atoms with Gasteiger partial charge >= 0.3 is 0 Å². The highest BCUT2D eigenvalue weighted by atomic mass is 35.5. The smallest absolute Gasteiger partial charge is 0.138 e. The number of hydrogen-bond donors (Lipinski definition) is 1. The van der Waals surface area contributed by atoms with Crippen LogP contribution in [0.15, 0.2) is 22.7 Å². The molecule has 0 saturated carbocycles. The summed E-state index contributed by atoms with van der Waals surface area (Å²) in [5, 5.41) is 8.13. The van der Waals surface area contributed by atoms with Crippen LogP contribution in [0.5, 0.6) is 5.75 Å². The predicted octanol–water partition coefficient (Wildman–Crippen LogP) is 3.80. The quantitative estimate of drug-likeness (QED) is 0.911. The van der Waals surface area contributed by atoms with Crippen LogP contribution in [0.1, 0.15) is 35.5 Å². The first-order valence-electron chi connectivity index (χ1n) is 6.51. The van der Waals surface area contributed by atoms with Crippen LogP contribution in [0.4, 0.5) is 0 Å². The lowest BCUT2D eigenvalue weighted by atomic mass is 10.1. The molecule has 1 N–H and O–H groups in total. The van der Waals surface area contributed by atoms with Gasteiger partial charge in [-0.2, -0.15) is 0 Å². The average Bonchev–Trinajstić information content (AvgIpc) is 2.76. The molecule has 0 fully saturated rings. The fraction of sp³-hybridized carbons (Fsp3) is 0.400. The maximum absolute atomic E-state index is 6.03. The molecule has 0 aliphatic heterocycles. The number of aromatic nitrogens is 1. The van der Waals surface area contributed by atoms with Gasteiger partial charge in [-0.25, -0.2) is 0 Å². The minimum absolute atomic E-state index is 0.143. The van der Waals surface area contributed by atoms with E-state index in [4.69, 9.17) is 20.9 Å². The highest BCUT2D eigenvalue weighted by Gasteiger charge is 2.16. The zero-order chi connectivity index (χ0) is 14.7. The summed E-state index contributed by atoms with van der Waals surface area (Å²) in [6.07, 6.45) is 0. The molecule has 0 aliphatic carbocycles. The molecule has 4 nitrogen and oxygen atoms in total. The SMILES string of the molecule is COc1ccc(Cl)cc1CNC(C)c1c(C)noc1C. The van der Waals surface area contributed by atoms with Gasteiger partial charge in [0.05, 0.1) is 12.8 Å². The molecule has 1 unspecified atom stereocenters. The Hall–Kier alpha value is -1.52. The van der Waals surface area contributed by atoms with Gasteiger partial charge in [0.2, 0.25) is 0 Å². The van der Waals surface area contributed by atoms with Gasteiger partial charge in [-0.3, -0.25) is 0 Å². The minimum atomic E-state index is 0.143. The lowest BCUT2D eigenvalue weighted by Crippen LogP contribution is -2.19. The molecule has 0 amide bonds. The zero-order valence-corrected chi connectivity index (χ0v) is 12.9. The summed E-state index contributed by atoms with van der Waals surface area (Å²) in [4.78, 5) is 0. The molecule has 1 atom stereocenters. The van der Waals surface area contributed by atoms with Crippen LogP contribution in [0.25, 0.3) is 0 Å². The molecule has 2 rings (SSSR count). The van der Waals surface area contributed by atoms with Crippen molar-refractivity contribution in [3.05, 3.63) is 45.8 Å². The van der Waals surface area contributed by atoms with Crippen LogP contribution >= 0.6 is 11.6 Å². The Balaban J connectivity index is 2.11. The van der Waals surface area contributed by atoms with Crippen molar-refractivity contribution in [1.29, 1.82) is 0 Å². The van der Waals surface area contributed by atoms with E-state index in [9.17, 15) is 0 Å². The fourth-order valence-corrected chi connectivity index (χ4v) is 2.55. The van der Waals surface area contributed by atoms with E-state index in [1.165, 1.54) is 0 Å². The van der Waals surface area contributed by atoms with Gasteiger partial charge in [-0.1, -0.05) is 16.8 Å². The summed E-state index contributed by atoms with van der Waals surface area (Å²) in [5.41, 5.74) is 3.05. The third-order valence-electron chi connectivity index (χ3n) is 3.36. The van der Waals surface area contributed by atoms with Crippen LogP contribution < -0.4 is 10.1 Å². The molecule has 20 heavy (non-hydrogen) atoms. The van der Waals surface area contributed by atoms with Gasteiger partial charge in [-0.05, 0) is 39.0 Å². The second kappa shape index (κ2) is 6.29. The average molecular weight is 295 g/mol. The number of hydrogen-bond acceptors (Lipinski definition) is 4. The lowest BCUT2D eigenvalue weighted by Gasteiger charge is -2.15. The maximum atomic E-state index is 6.03. The third-order valence-corrected chi connectivity index (χ3v) is 3.60. The van der Waals surface area contributed by atoms with Crippen LogP contribution in [0.3, 0.4) is 0 Å². The fourth-order valence-electron chi connectivity index (χ4n) is 2.36. The van der Waals surface area contributed by atoms with E-state index in [1.54, 1.807) is 7.11 Å². The largest absolute Gasteiger partial charge is 0.496 e. The first-order chi connectivity index (χ1) is 9.52. The first kappa shape index (κ1) is 14.9. The molecule has 2 aromatic rings. The predicted molar refractivity (Wildman–Crippen MR) is 79.2 cm³/mol. The van der Waals surface area contributed by atoms with E-state index < -0.39 is 0 Å². The highest BCUT2D eigenvalue weighted by Crippen LogP contribution is 2.25. The Morgan fingerprint density at radius 2 is 2.15 bits per heavy atom. The topological polar surface area (TPSA) is 47.3 Å². The number of benzene rings is 1. The van der Waals surface area contributed by atoms with E-state index in [0.29, 0.717) is 11.6 Å². The van der Waals surface area contributed by atoms with E-state index >= 15 is 0 Å². The Labute approximate surface area is 124 Å². The van der Waals surface area contributed by atoms with Crippen molar-refractivity contribution in [2.45, 2.75) is 33.4 Å². The molecular weight excluding hydrogens is 276 g/mol. The summed E-state index contributed by atoms with van der Waals surface area (Å²) in [6.45, 7) is 6.62. The first-order valence-corrected chi connectivity index (χ1v) is 6.89. The van der Waals surface area contributed by atoms with Gasteiger partial charge in [0.1, 0.15) is 11.5 Å². The van der Waals surface area contributed by atoms with Crippen LogP contribution in [-0.2, 0) is 6.54 Å². The van der Waals surface area contributed by atoms with E-state index in [2.05, 4.69) is 17.4 Å². The summed E-state index contributed by atoms with van der Waals surface area (Å²) >= 11 is 6.03. The summed E-state index contributed by atoms with van der Waals surface area (Å²) < 4.78 is 10.5. The molecule has 5 heteroatoms. The number of methoxy groups -OCH3 is 1. The molecule has 0 saturated heterocycles. The van der Waals surface area contributed by atoms with Gasteiger partial charge in [0.25, 0.3) is 0 Å². The number of halogens is 1. The van der Waals surface area contributed by atoms with E-state index in [-0.39, 0.29) is 6.04 Å². The normalized spacial score (nSPS) is 12.4. The van der Waals surface area contributed by atoms with E-state index in [1.807, 2.05) is 32.0 Å². The number of nitrogens with one attached hydrogen (secondary N) is 1. The molecule has 1 heterocycles. The van der Waals surface area contributed by atoms with Crippen LogP contribution in [0.2, 0.25) is 5.02 Å². The monoisotopic (exact) mass is 294 g/mol. The zero-order valence-electron chi connectivity index (χ0n) is 12.2. The van der Waals surface area contributed by atoms with Crippen molar-refractivity contribution in [2.75, 3.05) is 7.11 Å². The third kappa shape index (κ3) is 3.14. The molecule has 0 aliphatic rings. The molecular formula is C15H19ClN2O2. The number of rotatable bonds is 5. The number of nitrogens with zero attached hydrogens (tertiary/aromatic N) is 1. The van der Waals surface area contributed by atoms with Gasteiger partial charge in [0, 0.05) is 28.7 Å². The lowest BCUT2D eigenvalue weighted by molar-refractivity contribution is 0.390. The highest BCUT2D eigenvalue weighted by molar-refractivity contribution is 6.30. The van der Waals surface area contributed by atoms with Crippen molar-refractivity contribution < 1.29 is 9.26 Å². The number of ether oxygens (including phenoxy) is 1. The van der Waals surface area contributed by atoms with E-state index in [0.717, 1.165) is 28.3 Å². The summed E-state index contributed by atoms with van der Waals surface area (Å²) in [5.74, 6) is 1.67. The second-order valence-electron chi connectivity index (χ2n) is 4.80. The molecule has 0 bridgehead atoms. The second-order valence-corrected chi connectivity index (χ2v) is 5.23.